The molecular formula is C19H17N3O2. The second-order valence-corrected chi connectivity index (χ2v) is 5.25. The molecule has 5 nitrogen and oxygen atoms in total. The van der Waals surface area contributed by atoms with Gasteiger partial charge in [-0.1, -0.05) is 18.2 Å². The lowest BCUT2D eigenvalue weighted by Gasteiger charge is -2.11. The van der Waals surface area contributed by atoms with Gasteiger partial charge in [0, 0.05) is 17.6 Å². The number of ether oxygens (including phenoxy) is 1. The number of carbonyl (C=O) groups excluding carboxylic acids is 1. The highest BCUT2D eigenvalue weighted by atomic mass is 16.5. The van der Waals surface area contributed by atoms with E-state index in [0.29, 0.717) is 11.4 Å². The number of anilines is 3. The molecule has 24 heavy (non-hydrogen) atoms. The molecule has 0 fully saturated rings. The first-order valence-electron chi connectivity index (χ1n) is 7.43. The normalized spacial score (nSPS) is 10.2. The van der Waals surface area contributed by atoms with Crippen molar-refractivity contribution in [3.8, 4) is 11.1 Å². The number of nitrogens with one attached hydrogen (secondary N) is 1. The van der Waals surface area contributed by atoms with Gasteiger partial charge in [0.2, 0.25) is 0 Å². The van der Waals surface area contributed by atoms with Gasteiger partial charge in [0.05, 0.1) is 12.7 Å². The maximum Gasteiger partial charge on any atom is 0.337 e. The lowest BCUT2D eigenvalue weighted by Crippen LogP contribution is -2.03. The second-order valence-electron chi connectivity index (χ2n) is 5.25. The second kappa shape index (κ2) is 6.83. The summed E-state index contributed by atoms with van der Waals surface area (Å²) in [5.41, 5.74) is 9.67. The van der Waals surface area contributed by atoms with Gasteiger partial charge in [-0.15, -0.1) is 0 Å². The number of carbonyl (C=O) groups is 1. The summed E-state index contributed by atoms with van der Waals surface area (Å²) in [5, 5.41) is 3.29. The number of para-hydroxylation sites is 1. The zero-order valence-corrected chi connectivity index (χ0v) is 13.2. The average Bonchev–Trinajstić information content (AvgIpc) is 2.61. The van der Waals surface area contributed by atoms with Crippen molar-refractivity contribution < 1.29 is 9.53 Å². The summed E-state index contributed by atoms with van der Waals surface area (Å²) in [6.45, 7) is 0. The molecule has 0 spiro atoms. The largest absolute Gasteiger partial charge is 0.465 e. The molecule has 0 aliphatic carbocycles. The van der Waals surface area contributed by atoms with Crippen LogP contribution in [0.4, 0.5) is 17.2 Å². The van der Waals surface area contributed by atoms with Gasteiger partial charge in [0.15, 0.2) is 0 Å². The number of aromatic nitrogens is 1. The minimum Gasteiger partial charge on any atom is -0.465 e. The van der Waals surface area contributed by atoms with Gasteiger partial charge in [-0.05, 0) is 53.6 Å². The lowest BCUT2D eigenvalue weighted by atomic mass is 10.0. The van der Waals surface area contributed by atoms with Crippen molar-refractivity contribution in [2.45, 2.75) is 0 Å². The van der Waals surface area contributed by atoms with E-state index in [4.69, 9.17) is 10.5 Å². The standard InChI is InChI=1S/C19H17N3O2/c1-24-19(23)15-9-14(13-7-8-21-18(20)12-13)10-17(11-15)22-16-5-3-2-4-6-16/h2-12,22H,1H3,(H2,20,21). The molecule has 0 bridgehead atoms. The molecule has 3 aromatic rings. The van der Waals surface area contributed by atoms with Gasteiger partial charge in [0.25, 0.3) is 0 Å². The van der Waals surface area contributed by atoms with E-state index in [-0.39, 0.29) is 0 Å². The van der Waals surface area contributed by atoms with E-state index in [1.54, 1.807) is 24.4 Å². The Morgan fingerprint density at radius 1 is 1.00 bits per heavy atom. The number of esters is 1. The molecular weight excluding hydrogens is 302 g/mol. The van der Waals surface area contributed by atoms with Gasteiger partial charge in [-0.3, -0.25) is 0 Å². The van der Waals surface area contributed by atoms with Crippen LogP contribution in [0.15, 0.2) is 66.9 Å². The van der Waals surface area contributed by atoms with E-state index < -0.39 is 5.97 Å². The molecule has 0 saturated heterocycles. The Hall–Kier alpha value is -3.34. The quantitative estimate of drug-likeness (QED) is 0.714. The third-order valence-electron chi connectivity index (χ3n) is 3.53. The van der Waals surface area contributed by atoms with Gasteiger partial charge in [-0.2, -0.15) is 0 Å². The molecule has 1 heterocycles. The molecule has 0 atom stereocenters. The Morgan fingerprint density at radius 3 is 2.50 bits per heavy atom. The number of hydrogen-bond acceptors (Lipinski definition) is 5. The van der Waals surface area contributed by atoms with Crippen LogP contribution in [0.3, 0.4) is 0 Å². The van der Waals surface area contributed by atoms with E-state index in [9.17, 15) is 4.79 Å². The average molecular weight is 319 g/mol. The van der Waals surface area contributed by atoms with E-state index in [0.717, 1.165) is 22.5 Å². The van der Waals surface area contributed by atoms with E-state index in [2.05, 4.69) is 10.3 Å². The van der Waals surface area contributed by atoms with Crippen LogP contribution in [-0.2, 0) is 4.74 Å². The summed E-state index contributed by atoms with van der Waals surface area (Å²) in [5.74, 6) is 0.0310. The molecule has 2 aromatic carbocycles. The van der Waals surface area contributed by atoms with Crippen molar-refractivity contribution >= 4 is 23.2 Å². The minimum absolute atomic E-state index is 0.394. The molecule has 0 saturated carbocycles. The number of nitrogens with zero attached hydrogens (tertiary/aromatic N) is 1. The smallest absolute Gasteiger partial charge is 0.337 e. The summed E-state index contributed by atoms with van der Waals surface area (Å²) in [4.78, 5) is 16.0. The number of rotatable bonds is 4. The molecule has 3 rings (SSSR count). The number of hydrogen-bond donors (Lipinski definition) is 2. The SMILES string of the molecule is COC(=O)c1cc(Nc2ccccc2)cc(-c2ccnc(N)c2)c1. The Labute approximate surface area is 140 Å². The van der Waals surface area contributed by atoms with Crippen molar-refractivity contribution in [3.63, 3.8) is 0 Å². The van der Waals surface area contributed by atoms with Gasteiger partial charge < -0.3 is 15.8 Å². The fourth-order valence-corrected chi connectivity index (χ4v) is 2.42. The van der Waals surface area contributed by atoms with Crippen LogP contribution in [0.25, 0.3) is 11.1 Å². The highest BCUT2D eigenvalue weighted by molar-refractivity contribution is 5.93. The molecule has 0 amide bonds. The van der Waals surface area contributed by atoms with E-state index in [1.165, 1.54) is 7.11 Å². The summed E-state index contributed by atoms with van der Waals surface area (Å²) in [7, 11) is 1.36. The third kappa shape index (κ3) is 3.52. The molecule has 0 unspecified atom stereocenters. The number of methoxy groups -OCH3 is 1. The molecule has 1 aromatic heterocycles. The molecule has 0 aliphatic heterocycles. The van der Waals surface area contributed by atoms with E-state index in [1.807, 2.05) is 42.5 Å². The lowest BCUT2D eigenvalue weighted by molar-refractivity contribution is 0.0601. The highest BCUT2D eigenvalue weighted by Crippen LogP contribution is 2.27. The number of benzene rings is 2. The number of pyridine rings is 1. The van der Waals surface area contributed by atoms with Crippen LogP contribution >= 0.6 is 0 Å². The first kappa shape index (κ1) is 15.6. The highest BCUT2D eigenvalue weighted by Gasteiger charge is 2.11. The fourth-order valence-electron chi connectivity index (χ4n) is 2.42. The zero-order valence-electron chi connectivity index (χ0n) is 13.2. The van der Waals surface area contributed by atoms with E-state index >= 15 is 0 Å². The van der Waals surface area contributed by atoms with Crippen molar-refractivity contribution in [2.75, 3.05) is 18.2 Å². The Morgan fingerprint density at radius 2 is 1.79 bits per heavy atom. The maximum absolute atomic E-state index is 12.0. The first-order valence-corrected chi connectivity index (χ1v) is 7.43. The Bertz CT molecular complexity index is 863. The van der Waals surface area contributed by atoms with Crippen molar-refractivity contribution in [3.05, 3.63) is 72.4 Å². The molecule has 0 radical (unpaired) electrons. The van der Waals surface area contributed by atoms with Crippen LogP contribution in [0, 0.1) is 0 Å². The van der Waals surface area contributed by atoms with Crippen LogP contribution < -0.4 is 11.1 Å². The van der Waals surface area contributed by atoms with Crippen molar-refractivity contribution in [1.29, 1.82) is 0 Å². The summed E-state index contributed by atoms with van der Waals surface area (Å²) < 4.78 is 4.85. The van der Waals surface area contributed by atoms with Crippen LogP contribution in [0.2, 0.25) is 0 Å². The summed E-state index contributed by atoms with van der Waals surface area (Å²) >= 11 is 0. The molecule has 0 aliphatic rings. The monoisotopic (exact) mass is 319 g/mol. The fraction of sp³-hybridized carbons (Fsp3) is 0.0526. The Balaban J connectivity index is 2.05. The van der Waals surface area contributed by atoms with Gasteiger partial charge in [0.1, 0.15) is 5.82 Å². The number of nitrogen functional groups attached to an aromatic ring is 1. The topological polar surface area (TPSA) is 77.2 Å². The van der Waals surface area contributed by atoms with Crippen LogP contribution in [0.5, 0.6) is 0 Å². The molecule has 3 N–H and O–H groups in total. The third-order valence-corrected chi connectivity index (χ3v) is 3.53. The van der Waals surface area contributed by atoms with Crippen LogP contribution in [-0.4, -0.2) is 18.1 Å². The Kier molecular flexibility index (Phi) is 4.43. The predicted molar refractivity (Wildman–Crippen MR) is 95.1 cm³/mol. The molecule has 120 valence electrons. The predicted octanol–water partition coefficient (Wildman–Crippen LogP) is 3.86. The number of nitrogens with two attached hydrogens (primary N) is 1. The van der Waals surface area contributed by atoms with Crippen molar-refractivity contribution in [2.24, 2.45) is 0 Å². The van der Waals surface area contributed by atoms with Gasteiger partial charge in [-0.25, -0.2) is 9.78 Å². The van der Waals surface area contributed by atoms with Crippen molar-refractivity contribution in [1.82, 2.24) is 4.98 Å². The minimum atomic E-state index is -0.394. The summed E-state index contributed by atoms with van der Waals surface area (Å²) in [6, 6.07) is 18.8. The maximum atomic E-state index is 12.0. The summed E-state index contributed by atoms with van der Waals surface area (Å²) in [6.07, 6.45) is 1.64. The zero-order chi connectivity index (χ0) is 16.9. The van der Waals surface area contributed by atoms with Crippen LogP contribution in [0.1, 0.15) is 10.4 Å². The first-order chi connectivity index (χ1) is 11.7. The van der Waals surface area contributed by atoms with Gasteiger partial charge >= 0.3 is 5.97 Å². The molecule has 5 heteroatoms.